The van der Waals surface area contributed by atoms with E-state index >= 15 is 0 Å². The van der Waals surface area contributed by atoms with Crippen LogP contribution in [0, 0.1) is 18.3 Å². The van der Waals surface area contributed by atoms with Gasteiger partial charge in [0.15, 0.2) is 0 Å². The van der Waals surface area contributed by atoms with E-state index in [-0.39, 0.29) is 11.8 Å². The first-order valence-corrected chi connectivity index (χ1v) is 11.5. The number of nitrogens with one attached hydrogen (secondary N) is 2. The van der Waals surface area contributed by atoms with Gasteiger partial charge in [0.25, 0.3) is 0 Å². The van der Waals surface area contributed by atoms with E-state index in [2.05, 4.69) is 33.7 Å². The van der Waals surface area contributed by atoms with Crippen LogP contribution in [-0.4, -0.2) is 27.2 Å². The van der Waals surface area contributed by atoms with Crippen molar-refractivity contribution >= 4 is 11.7 Å². The average molecular weight is 465 g/mol. The van der Waals surface area contributed by atoms with E-state index in [1.165, 1.54) is 0 Å². The van der Waals surface area contributed by atoms with Gasteiger partial charge in [-0.15, -0.1) is 0 Å². The molecule has 0 aliphatic rings. The minimum absolute atomic E-state index is 0.154. The highest BCUT2D eigenvalue weighted by molar-refractivity contribution is 5.95. The number of anilines is 1. The van der Waals surface area contributed by atoms with Crippen LogP contribution in [0.2, 0.25) is 0 Å². The minimum atomic E-state index is -0.544. The fourth-order valence-electron chi connectivity index (χ4n) is 4.00. The van der Waals surface area contributed by atoms with Crippen LogP contribution in [0.1, 0.15) is 41.3 Å². The first-order chi connectivity index (χ1) is 16.9. The standard InChI is InChI=1S/C28H28N6O/c1-19(22-11-9-21(15-29)10-12-22)16-30-27(23-7-5-4-6-8-23)28(35)33-26-14-13-25(20(2)32-26)24-17-31-34(3)18-24/h4-14,17-19,27,30H,16H2,1-3H3,(H,32,33,35)/t19-,27+/m0/s1. The third-order valence-electron chi connectivity index (χ3n) is 5.99. The molecular weight excluding hydrogens is 436 g/mol. The van der Waals surface area contributed by atoms with Crippen LogP contribution < -0.4 is 10.6 Å². The Balaban J connectivity index is 1.49. The number of pyridine rings is 1. The van der Waals surface area contributed by atoms with Crippen molar-refractivity contribution < 1.29 is 4.79 Å². The molecule has 0 spiro atoms. The van der Waals surface area contributed by atoms with E-state index in [0.29, 0.717) is 17.9 Å². The van der Waals surface area contributed by atoms with Crippen molar-refractivity contribution in [3.8, 4) is 17.2 Å². The Labute approximate surface area is 205 Å². The number of hydrogen-bond donors (Lipinski definition) is 2. The van der Waals surface area contributed by atoms with E-state index in [0.717, 1.165) is 27.9 Å². The maximum atomic E-state index is 13.4. The van der Waals surface area contributed by atoms with Crippen molar-refractivity contribution in [1.29, 1.82) is 5.26 Å². The molecule has 7 nitrogen and oxygen atoms in total. The maximum Gasteiger partial charge on any atom is 0.247 e. The lowest BCUT2D eigenvalue weighted by Crippen LogP contribution is -2.35. The second-order valence-corrected chi connectivity index (χ2v) is 8.61. The van der Waals surface area contributed by atoms with Gasteiger partial charge in [-0.05, 0) is 48.2 Å². The van der Waals surface area contributed by atoms with Crippen LogP contribution in [0.5, 0.6) is 0 Å². The number of rotatable bonds is 8. The van der Waals surface area contributed by atoms with Gasteiger partial charge in [-0.3, -0.25) is 9.48 Å². The molecule has 2 aromatic carbocycles. The zero-order chi connectivity index (χ0) is 24.8. The molecule has 2 heterocycles. The zero-order valence-electron chi connectivity index (χ0n) is 20.1. The summed E-state index contributed by atoms with van der Waals surface area (Å²) in [6.45, 7) is 4.60. The monoisotopic (exact) mass is 464 g/mol. The lowest BCUT2D eigenvalue weighted by Gasteiger charge is -2.21. The number of nitrogens with zero attached hydrogens (tertiary/aromatic N) is 4. The molecule has 7 heteroatoms. The highest BCUT2D eigenvalue weighted by Crippen LogP contribution is 2.24. The number of aromatic nitrogens is 3. The van der Waals surface area contributed by atoms with Gasteiger partial charge in [-0.1, -0.05) is 49.4 Å². The summed E-state index contributed by atoms with van der Waals surface area (Å²) in [5, 5.41) is 19.6. The van der Waals surface area contributed by atoms with Crippen LogP contribution in [0.25, 0.3) is 11.1 Å². The Bertz CT molecular complexity index is 1340. The number of benzene rings is 2. The third kappa shape index (κ3) is 5.81. The summed E-state index contributed by atoms with van der Waals surface area (Å²) < 4.78 is 1.75. The summed E-state index contributed by atoms with van der Waals surface area (Å²) in [7, 11) is 1.87. The highest BCUT2D eigenvalue weighted by atomic mass is 16.2. The average Bonchev–Trinajstić information content (AvgIpc) is 3.30. The van der Waals surface area contributed by atoms with Crippen LogP contribution in [0.3, 0.4) is 0 Å². The maximum absolute atomic E-state index is 13.4. The van der Waals surface area contributed by atoms with E-state index in [1.807, 2.05) is 86.9 Å². The molecule has 0 saturated carbocycles. The van der Waals surface area contributed by atoms with Crippen molar-refractivity contribution in [1.82, 2.24) is 20.1 Å². The summed E-state index contributed by atoms with van der Waals surface area (Å²) in [5.41, 5.74) is 5.39. The van der Waals surface area contributed by atoms with Gasteiger partial charge in [0.2, 0.25) is 5.91 Å². The largest absolute Gasteiger partial charge is 0.309 e. The quantitative estimate of drug-likeness (QED) is 0.393. The number of carbonyl (C=O) groups excluding carboxylic acids is 1. The van der Waals surface area contributed by atoms with Crippen LogP contribution in [-0.2, 0) is 11.8 Å². The molecule has 1 amide bonds. The molecule has 0 unspecified atom stereocenters. The topological polar surface area (TPSA) is 95.6 Å². The lowest BCUT2D eigenvalue weighted by atomic mass is 9.98. The molecule has 0 aliphatic carbocycles. The number of hydrogen-bond acceptors (Lipinski definition) is 5. The second kappa shape index (κ2) is 10.8. The number of carbonyl (C=O) groups is 1. The number of aryl methyl sites for hydroxylation is 2. The van der Waals surface area contributed by atoms with Gasteiger partial charge >= 0.3 is 0 Å². The molecule has 2 N–H and O–H groups in total. The van der Waals surface area contributed by atoms with Crippen molar-refractivity contribution in [3.63, 3.8) is 0 Å². The van der Waals surface area contributed by atoms with Crippen molar-refractivity contribution in [2.75, 3.05) is 11.9 Å². The van der Waals surface area contributed by atoms with Crippen molar-refractivity contribution in [2.24, 2.45) is 7.05 Å². The number of nitriles is 1. The van der Waals surface area contributed by atoms with Gasteiger partial charge in [0.1, 0.15) is 11.9 Å². The normalized spacial score (nSPS) is 12.5. The molecule has 2 aromatic heterocycles. The summed E-state index contributed by atoms with van der Waals surface area (Å²) in [6, 6.07) is 22.6. The number of amides is 1. The molecule has 0 fully saturated rings. The van der Waals surface area contributed by atoms with E-state index in [9.17, 15) is 4.79 Å². The molecule has 4 rings (SSSR count). The second-order valence-electron chi connectivity index (χ2n) is 8.61. The molecule has 0 aliphatic heterocycles. The SMILES string of the molecule is Cc1nc(NC(=O)[C@H](NC[C@H](C)c2ccc(C#N)cc2)c2ccccc2)ccc1-c1cnn(C)c1. The van der Waals surface area contributed by atoms with Crippen LogP contribution in [0.15, 0.2) is 79.1 Å². The van der Waals surface area contributed by atoms with Gasteiger partial charge in [-0.2, -0.15) is 10.4 Å². The van der Waals surface area contributed by atoms with E-state index in [1.54, 1.807) is 10.9 Å². The zero-order valence-corrected chi connectivity index (χ0v) is 20.1. The van der Waals surface area contributed by atoms with E-state index in [4.69, 9.17) is 5.26 Å². The Morgan fingerprint density at radius 3 is 2.43 bits per heavy atom. The molecule has 176 valence electrons. The van der Waals surface area contributed by atoms with Gasteiger partial charge < -0.3 is 10.6 Å². The van der Waals surface area contributed by atoms with E-state index < -0.39 is 6.04 Å². The Morgan fingerprint density at radius 2 is 1.80 bits per heavy atom. The molecule has 0 bridgehead atoms. The van der Waals surface area contributed by atoms with Gasteiger partial charge in [-0.25, -0.2) is 4.98 Å². The first-order valence-electron chi connectivity index (χ1n) is 11.5. The lowest BCUT2D eigenvalue weighted by molar-refractivity contribution is -0.118. The van der Waals surface area contributed by atoms with Crippen LogP contribution in [0.4, 0.5) is 5.82 Å². The highest BCUT2D eigenvalue weighted by Gasteiger charge is 2.22. The summed E-state index contributed by atoms with van der Waals surface area (Å²) in [4.78, 5) is 18.0. The Kier molecular flexibility index (Phi) is 7.34. The summed E-state index contributed by atoms with van der Waals surface area (Å²) >= 11 is 0. The molecule has 0 radical (unpaired) electrons. The fourth-order valence-corrected chi connectivity index (χ4v) is 4.00. The fraction of sp³-hybridized carbons (Fsp3) is 0.214. The minimum Gasteiger partial charge on any atom is -0.309 e. The predicted molar refractivity (Wildman–Crippen MR) is 137 cm³/mol. The Morgan fingerprint density at radius 1 is 1.06 bits per heavy atom. The predicted octanol–water partition coefficient (Wildman–Crippen LogP) is 4.74. The van der Waals surface area contributed by atoms with Crippen LogP contribution >= 0.6 is 0 Å². The van der Waals surface area contributed by atoms with Gasteiger partial charge in [0, 0.05) is 36.6 Å². The van der Waals surface area contributed by atoms with Crippen molar-refractivity contribution in [3.05, 3.63) is 102 Å². The first kappa shape index (κ1) is 23.9. The molecule has 0 saturated heterocycles. The van der Waals surface area contributed by atoms with Gasteiger partial charge in [0.05, 0.1) is 17.8 Å². The molecule has 4 aromatic rings. The molecule has 35 heavy (non-hydrogen) atoms. The third-order valence-corrected chi connectivity index (χ3v) is 5.99. The summed E-state index contributed by atoms with van der Waals surface area (Å²) in [6.07, 6.45) is 3.74. The Hall–Kier alpha value is -4.28. The summed E-state index contributed by atoms with van der Waals surface area (Å²) in [5.74, 6) is 0.480. The molecular formula is C28H28N6O. The van der Waals surface area contributed by atoms with Crippen molar-refractivity contribution in [2.45, 2.75) is 25.8 Å². The molecule has 2 atom stereocenters. The smallest absolute Gasteiger partial charge is 0.247 e.